The Bertz CT molecular complexity index is 2490. The Balaban J connectivity index is 0.000000984. The van der Waals surface area contributed by atoms with Crippen LogP contribution in [0.4, 0.5) is 11.4 Å². The molecule has 6 fully saturated rings. The molecule has 4 N–H and O–H groups in total. The van der Waals surface area contributed by atoms with Crippen molar-refractivity contribution in [1.29, 1.82) is 0 Å². The van der Waals surface area contributed by atoms with Crippen LogP contribution < -0.4 is 9.64 Å². The normalized spacial score (nSPS) is 39.4. The van der Waals surface area contributed by atoms with Crippen LogP contribution in [0.3, 0.4) is 0 Å². The highest BCUT2D eigenvalue weighted by atomic mass is 32.3. The number of carbonyl (C=O) groups is 3. The van der Waals surface area contributed by atoms with E-state index in [0.717, 1.165) is 35.6 Å². The number of carbonyl (C=O) groups excluding carboxylic acids is 3. The van der Waals surface area contributed by atoms with Gasteiger partial charge in [-0.2, -0.15) is 8.42 Å². The number of aliphatic hydroxyl groups is 2. The van der Waals surface area contributed by atoms with Crippen molar-refractivity contribution in [2.45, 2.75) is 98.5 Å². The van der Waals surface area contributed by atoms with Crippen LogP contribution in [0.1, 0.15) is 69.6 Å². The van der Waals surface area contributed by atoms with E-state index in [0.29, 0.717) is 68.8 Å². The number of ether oxygens (including phenoxy) is 4. The lowest BCUT2D eigenvalue weighted by molar-refractivity contribution is -0.228. The number of anilines is 1. The van der Waals surface area contributed by atoms with E-state index in [1.165, 1.54) is 21.1 Å². The van der Waals surface area contributed by atoms with E-state index in [9.17, 15) is 19.8 Å². The zero-order valence-electron chi connectivity index (χ0n) is 37.2. The summed E-state index contributed by atoms with van der Waals surface area (Å²) in [7, 11) is 1.49. The minimum Gasteiger partial charge on any atom is -0.496 e. The Morgan fingerprint density at radius 3 is 2.27 bits per heavy atom. The second-order valence-corrected chi connectivity index (χ2v) is 20.0. The van der Waals surface area contributed by atoms with Gasteiger partial charge in [0.05, 0.1) is 44.4 Å². The summed E-state index contributed by atoms with van der Waals surface area (Å²) in [4.78, 5) is 54.9. The standard InChI is InChI=1S/C46H56N4O9.H2O4S/c1-8-41-15-12-18-50-20-17-44(36(41)50)29-21-30(33(56-5)22-32(29)48(4)37(44)46(55,40(53)58-7)38(41)59-26(3)51)45(39(52)57-6)23-27-24-49-19-16-43(34(27)42(54,9-2)25-49)28-13-10-11-14-31(28)47-35(43)45;1-5(2,3)4/h10-15,21-22,27,34,36-38,54-55H,8-9,16-20,23-25H2,1-7H3;(H2,1,2,3,4)/t27-,34-,36+,37-,38-,41-,42+,43+,44-,45+,46+;/m1./s1. The van der Waals surface area contributed by atoms with Crippen molar-refractivity contribution in [3.8, 4) is 5.75 Å². The van der Waals surface area contributed by atoms with Gasteiger partial charge in [-0.15, -0.1) is 0 Å². The first-order valence-electron chi connectivity index (χ1n) is 22.0. The molecule has 2 aromatic carbocycles. The molecule has 0 radical (unpaired) electrons. The first-order valence-corrected chi connectivity index (χ1v) is 23.4. The van der Waals surface area contributed by atoms with Crippen molar-refractivity contribution < 1.29 is 61.1 Å². The molecule has 0 aromatic heterocycles. The highest BCUT2D eigenvalue weighted by Gasteiger charge is 2.81. The van der Waals surface area contributed by atoms with E-state index in [1.54, 1.807) is 7.11 Å². The predicted octanol–water partition coefficient (Wildman–Crippen LogP) is 2.92. The van der Waals surface area contributed by atoms with Crippen molar-refractivity contribution in [2.75, 3.05) is 66.0 Å². The summed E-state index contributed by atoms with van der Waals surface area (Å²) in [5, 5.41) is 26.0. The maximum absolute atomic E-state index is 15.3. The summed E-state index contributed by atoms with van der Waals surface area (Å²) in [6.45, 7) is 8.72. The zero-order valence-corrected chi connectivity index (χ0v) is 38.1. The molecule has 2 aliphatic carbocycles. The number of likely N-dealkylation sites (N-methyl/N-ethyl adjacent to an activating group) is 1. The number of fused-ring (bicyclic) bond motifs is 4. The SMILES string of the molecule is CC[C@]1(O)CN2CC[C@]34C(=Nc5ccccc53)[C@@](C(=O)OC)(c3cc5c(cc3OC)N(C)[C@H]3[C@@](O)(C(=O)OC)[C@H](OC(C)=O)[C@]6(CC)C=CCN7CC[C@]53[C@@H]76)C[C@H](C2)[C@H]14.O=S(=O)(O)O. The molecule has 346 valence electrons. The molecule has 4 saturated heterocycles. The molecule has 11 rings (SSSR count). The third-order valence-electron chi connectivity index (χ3n) is 16.7. The van der Waals surface area contributed by atoms with Crippen LogP contribution >= 0.6 is 0 Å². The van der Waals surface area contributed by atoms with Crippen LogP contribution in [0.25, 0.3) is 0 Å². The lowest BCUT2D eigenvalue weighted by atomic mass is 9.44. The molecule has 2 aromatic rings. The Morgan fingerprint density at radius 2 is 1.62 bits per heavy atom. The quantitative estimate of drug-likeness (QED) is 0.136. The predicted molar refractivity (Wildman–Crippen MR) is 232 cm³/mol. The van der Waals surface area contributed by atoms with Gasteiger partial charge in [0, 0.05) is 79.1 Å². The maximum atomic E-state index is 15.3. The van der Waals surface area contributed by atoms with Crippen LogP contribution in [-0.2, 0) is 55.2 Å². The van der Waals surface area contributed by atoms with Crippen molar-refractivity contribution >= 4 is 45.4 Å². The van der Waals surface area contributed by atoms with Gasteiger partial charge in [0.2, 0.25) is 5.60 Å². The fraction of sp³-hybridized carbons (Fsp3) is 0.609. The van der Waals surface area contributed by atoms with Crippen LogP contribution in [0.2, 0.25) is 0 Å². The average Bonchev–Trinajstić information content (AvgIpc) is 3.84. The molecule has 4 bridgehead atoms. The minimum absolute atomic E-state index is 0.103. The lowest BCUT2D eigenvalue weighted by Gasteiger charge is -2.63. The molecule has 12 atom stereocenters. The fourth-order valence-corrected chi connectivity index (χ4v) is 15.1. The maximum Gasteiger partial charge on any atom is 0.394 e. The molecule has 0 amide bonds. The fourth-order valence-electron chi connectivity index (χ4n) is 15.1. The monoisotopic (exact) mass is 906 g/mol. The smallest absolute Gasteiger partial charge is 0.394 e. The summed E-state index contributed by atoms with van der Waals surface area (Å²) in [5.74, 6) is -1.76. The molecule has 17 nitrogen and oxygen atoms in total. The summed E-state index contributed by atoms with van der Waals surface area (Å²) < 4.78 is 55.5. The van der Waals surface area contributed by atoms with Gasteiger partial charge in [0.15, 0.2) is 6.10 Å². The molecule has 7 aliphatic heterocycles. The van der Waals surface area contributed by atoms with Gasteiger partial charge in [-0.3, -0.25) is 28.6 Å². The number of aliphatic imine (C=N–C) groups is 1. The molecule has 1 unspecified atom stereocenters. The summed E-state index contributed by atoms with van der Waals surface area (Å²) in [5.41, 5.74) is -2.63. The van der Waals surface area contributed by atoms with Gasteiger partial charge in [0.1, 0.15) is 11.2 Å². The number of para-hydroxylation sites is 1. The lowest BCUT2D eigenvalue weighted by Crippen LogP contribution is -2.81. The number of hydrogen-bond donors (Lipinski definition) is 4. The first kappa shape index (κ1) is 44.8. The van der Waals surface area contributed by atoms with E-state index in [-0.39, 0.29) is 17.9 Å². The number of esters is 3. The Labute approximate surface area is 373 Å². The van der Waals surface area contributed by atoms with Crippen LogP contribution in [0.15, 0.2) is 53.5 Å². The van der Waals surface area contributed by atoms with E-state index >= 15 is 4.79 Å². The van der Waals surface area contributed by atoms with Gasteiger partial charge < -0.3 is 39.0 Å². The Morgan fingerprint density at radius 1 is 0.922 bits per heavy atom. The third-order valence-corrected chi connectivity index (χ3v) is 16.7. The van der Waals surface area contributed by atoms with E-state index in [1.807, 2.05) is 43.1 Å². The van der Waals surface area contributed by atoms with Gasteiger partial charge in [-0.05, 0) is 74.4 Å². The van der Waals surface area contributed by atoms with Crippen molar-refractivity contribution in [2.24, 2.45) is 22.2 Å². The molecule has 2 spiro atoms. The number of hydrogen-bond acceptors (Lipinski definition) is 15. The zero-order chi connectivity index (χ0) is 46.2. The molecule has 2 saturated carbocycles. The van der Waals surface area contributed by atoms with E-state index in [2.05, 4.69) is 41.0 Å². The molecular formula is C46H58N4O13S. The molecule has 64 heavy (non-hydrogen) atoms. The van der Waals surface area contributed by atoms with Crippen LogP contribution in [-0.4, -0.2) is 152 Å². The van der Waals surface area contributed by atoms with Gasteiger partial charge in [-0.25, -0.2) is 4.79 Å². The Kier molecular flexibility index (Phi) is 10.3. The van der Waals surface area contributed by atoms with Gasteiger partial charge >= 0.3 is 28.3 Å². The summed E-state index contributed by atoms with van der Waals surface area (Å²) >= 11 is 0. The minimum atomic E-state index is -4.67. The van der Waals surface area contributed by atoms with Crippen molar-refractivity contribution in [3.63, 3.8) is 0 Å². The van der Waals surface area contributed by atoms with Crippen molar-refractivity contribution in [1.82, 2.24) is 9.80 Å². The number of piperidine rings is 1. The van der Waals surface area contributed by atoms with E-state index < -0.39 is 73.3 Å². The second kappa shape index (κ2) is 14.8. The summed E-state index contributed by atoms with van der Waals surface area (Å²) in [6.07, 6.45) is 5.47. The van der Waals surface area contributed by atoms with E-state index in [4.69, 9.17) is 41.5 Å². The Hall–Kier alpha value is -4.43. The highest BCUT2D eigenvalue weighted by molar-refractivity contribution is 7.79. The molecular weight excluding hydrogens is 849 g/mol. The molecule has 7 heterocycles. The van der Waals surface area contributed by atoms with Crippen LogP contribution in [0.5, 0.6) is 5.75 Å². The largest absolute Gasteiger partial charge is 0.496 e. The molecule has 9 aliphatic rings. The van der Waals surface area contributed by atoms with Gasteiger partial charge in [-0.1, -0.05) is 44.2 Å². The number of benzene rings is 2. The average molecular weight is 907 g/mol. The topological polar surface area (TPSA) is 225 Å². The van der Waals surface area contributed by atoms with Crippen molar-refractivity contribution in [3.05, 3.63) is 65.2 Å². The van der Waals surface area contributed by atoms with Gasteiger partial charge in [0.25, 0.3) is 0 Å². The number of methoxy groups -OCH3 is 3. The number of rotatable bonds is 7. The second-order valence-electron chi connectivity index (χ2n) is 19.1. The third kappa shape index (κ3) is 5.59. The summed E-state index contributed by atoms with van der Waals surface area (Å²) in [6, 6.07) is 11.0. The highest BCUT2D eigenvalue weighted by Crippen LogP contribution is 2.70. The molecule has 18 heteroatoms. The number of nitrogens with zero attached hydrogens (tertiary/aromatic N) is 4. The first-order chi connectivity index (χ1) is 30.2. The van der Waals surface area contributed by atoms with Crippen LogP contribution in [0, 0.1) is 17.3 Å².